The van der Waals surface area contributed by atoms with E-state index in [1.165, 1.54) is 239 Å². The van der Waals surface area contributed by atoms with E-state index in [1.807, 2.05) is 0 Å². The number of hydrogen-bond acceptors (Lipinski definition) is 1. The Kier molecular flexibility index (Phi) is 28.3. The SMILES string of the molecule is COc1cc(C(C)(C)C)c(C)c2cc3ccccc3cc12.Cc1c(C(C)(C)C)cc(C(C)(C)C)c2cc3ccccc3cc12.Cc1c(C(C)(C)C)cc(C2CCC(C)(C)CC2)c2ccccc12.Cc1c(C(C)(C)C)cc(C2CCCCC2)c2ccccc12.Cc1c(C(C)(C)C)ccc2ccccc12.Cc1cccc(C)c1-c1cc(C(C)(C)C)c(C)c2ccccc12. The third kappa shape index (κ3) is 21.1. The number of aryl methyl sites for hydroxylation is 8. The quantitative estimate of drug-likeness (QED) is 0.160. The molecule has 0 heterocycles. The van der Waals surface area contributed by atoms with Crippen LogP contribution < -0.4 is 4.74 Å². The molecule has 0 radical (unpaired) electrons. The monoisotopic (exact) mass is 1670 g/mol. The molecule has 15 aromatic carbocycles. The van der Waals surface area contributed by atoms with Crippen molar-refractivity contribution in [2.45, 2.75) is 322 Å². The van der Waals surface area contributed by atoms with Crippen LogP contribution >= 0.6 is 0 Å². The van der Waals surface area contributed by atoms with Crippen LogP contribution in [0.2, 0.25) is 0 Å². The molecular weight excluding hydrogens is 1520 g/mol. The highest BCUT2D eigenvalue weighted by Gasteiger charge is 2.33. The lowest BCUT2D eigenvalue weighted by atomic mass is 9.69. The molecule has 2 fully saturated rings. The molecule has 660 valence electrons. The maximum Gasteiger partial charge on any atom is 0.127 e. The minimum absolute atomic E-state index is 0.108. The van der Waals surface area contributed by atoms with Crippen LogP contribution in [-0.2, 0) is 37.9 Å². The molecule has 0 aromatic heterocycles. The zero-order chi connectivity index (χ0) is 91.9. The topological polar surface area (TPSA) is 9.23 Å². The smallest absolute Gasteiger partial charge is 0.127 e. The van der Waals surface area contributed by atoms with E-state index < -0.39 is 0 Å². The zero-order valence-electron chi connectivity index (χ0n) is 83.9. The normalized spacial score (nSPS) is 14.4. The fourth-order valence-corrected chi connectivity index (χ4v) is 21.3. The standard InChI is InChI=1S/C23H28.C23H26.C23H32.C21H28.C20H22O.C15H18/c1-15-18-12-16-10-8-9-11-17(16)13-19(18)21(23(5,6)7)14-20(15)22(2,3)4;1-15-10-9-11-16(2)22(15)20-14-21(23(4,5)6)17(3)18-12-7-8-13-19(18)20;1-16-18-9-7-8-10-19(18)20(15-21(16)22(2,3)4)17-11-13-23(5,6)14-12-17;1-15-17-12-8-9-13-18(17)19(14-20(15)21(2,3)4)16-10-6-5-7-11-16;1-13-16-10-14-8-6-7-9-15(14)11-17(16)19(21-5)12-18(13)20(2,3)4;1-11-13-8-6-5-7-12(13)9-10-14(11)15(2,3)4/h8-14H,1-7H3;7-14H,1-6H3;7-10,15,17H,11-14H2,1-6H3;8-9,12-14,16H,5-7,10-11H2,1-4H3;6-12H,1-5H3;5-10H,1-4H3. The number of benzene rings is 15. The Labute approximate surface area is 762 Å². The van der Waals surface area contributed by atoms with Crippen LogP contribution in [0.5, 0.6) is 5.75 Å². The second-order valence-corrected chi connectivity index (χ2v) is 45.6. The van der Waals surface area contributed by atoms with Crippen LogP contribution in [0.3, 0.4) is 0 Å². The van der Waals surface area contributed by atoms with Gasteiger partial charge in [-0.3, -0.25) is 0 Å². The van der Waals surface area contributed by atoms with Crippen molar-refractivity contribution >= 4 is 86.2 Å². The van der Waals surface area contributed by atoms with Gasteiger partial charge in [0.1, 0.15) is 5.75 Å². The average Bonchev–Trinajstić information content (AvgIpc) is 0.752. The molecule has 0 unspecified atom stereocenters. The predicted octanol–water partition coefficient (Wildman–Crippen LogP) is 37.3. The minimum atomic E-state index is 0.108. The van der Waals surface area contributed by atoms with Gasteiger partial charge in [0, 0.05) is 5.39 Å². The Balaban J connectivity index is 0.000000138. The Hall–Kier alpha value is -9.82. The van der Waals surface area contributed by atoms with Crippen LogP contribution in [0, 0.1) is 60.8 Å². The summed E-state index contributed by atoms with van der Waals surface area (Å²) in [5.41, 5.74) is 29.1. The molecule has 0 saturated heterocycles. The maximum absolute atomic E-state index is 5.67. The van der Waals surface area contributed by atoms with Crippen molar-refractivity contribution in [3.63, 3.8) is 0 Å². The summed E-state index contributed by atoms with van der Waals surface area (Å²) in [7, 11) is 1.76. The van der Waals surface area contributed by atoms with E-state index in [0.717, 1.165) is 17.6 Å². The van der Waals surface area contributed by atoms with Gasteiger partial charge in [0.15, 0.2) is 0 Å². The molecule has 2 aliphatic carbocycles. The third-order valence-corrected chi connectivity index (χ3v) is 28.2. The number of ether oxygens (including phenoxy) is 1. The van der Waals surface area contributed by atoms with Gasteiger partial charge in [-0.2, -0.15) is 0 Å². The van der Waals surface area contributed by atoms with Gasteiger partial charge in [-0.05, 0) is 372 Å². The molecule has 0 aliphatic heterocycles. The molecule has 0 spiro atoms. The fourth-order valence-electron chi connectivity index (χ4n) is 21.3. The molecule has 0 amide bonds. The van der Waals surface area contributed by atoms with Gasteiger partial charge >= 0.3 is 0 Å². The molecule has 0 atom stereocenters. The van der Waals surface area contributed by atoms with Gasteiger partial charge in [0.05, 0.1) is 7.11 Å². The molecular formula is C125H154O. The van der Waals surface area contributed by atoms with E-state index >= 15 is 0 Å². The molecule has 15 aromatic rings. The second kappa shape index (κ2) is 37.5. The lowest BCUT2D eigenvalue weighted by Crippen LogP contribution is -2.21. The summed E-state index contributed by atoms with van der Waals surface area (Å²) < 4.78 is 5.67. The number of rotatable bonds is 4. The zero-order valence-corrected chi connectivity index (χ0v) is 83.9. The van der Waals surface area contributed by atoms with E-state index in [2.05, 4.69) is 445 Å². The first-order chi connectivity index (χ1) is 59.0. The second-order valence-electron chi connectivity index (χ2n) is 45.6. The summed E-state index contributed by atoms with van der Waals surface area (Å²) in [5.74, 6) is 2.46. The molecule has 0 N–H and O–H groups in total. The molecule has 1 nitrogen and oxygen atoms in total. The van der Waals surface area contributed by atoms with Crippen molar-refractivity contribution in [3.05, 3.63) is 325 Å². The van der Waals surface area contributed by atoms with Crippen molar-refractivity contribution < 1.29 is 4.74 Å². The lowest BCUT2D eigenvalue weighted by Gasteiger charge is -2.36. The van der Waals surface area contributed by atoms with Gasteiger partial charge in [0.2, 0.25) is 0 Å². The number of fused-ring (bicyclic) bond motifs is 8. The van der Waals surface area contributed by atoms with E-state index in [0.29, 0.717) is 5.41 Å². The van der Waals surface area contributed by atoms with Crippen LogP contribution in [0.4, 0.5) is 0 Å². The van der Waals surface area contributed by atoms with Gasteiger partial charge in [-0.1, -0.05) is 373 Å². The Bertz CT molecular complexity index is 6410. The van der Waals surface area contributed by atoms with Gasteiger partial charge in [-0.15, -0.1) is 0 Å². The Morgan fingerprint density at radius 3 is 0.968 bits per heavy atom. The third-order valence-electron chi connectivity index (χ3n) is 28.2. The summed E-state index contributed by atoms with van der Waals surface area (Å²) in [5, 5.41) is 21.8. The first kappa shape index (κ1) is 95.3. The van der Waals surface area contributed by atoms with Crippen molar-refractivity contribution in [1.82, 2.24) is 0 Å². The highest BCUT2D eigenvalue weighted by atomic mass is 16.5. The van der Waals surface area contributed by atoms with E-state index in [4.69, 9.17) is 4.74 Å². The van der Waals surface area contributed by atoms with E-state index in [1.54, 1.807) is 18.2 Å². The molecule has 1 heteroatoms. The van der Waals surface area contributed by atoms with Gasteiger partial charge in [0.25, 0.3) is 0 Å². The van der Waals surface area contributed by atoms with Crippen LogP contribution in [0.25, 0.3) is 97.3 Å². The largest absolute Gasteiger partial charge is 0.496 e. The highest BCUT2D eigenvalue weighted by molar-refractivity contribution is 6.05. The van der Waals surface area contributed by atoms with Crippen molar-refractivity contribution in [3.8, 4) is 16.9 Å². The number of hydrogen-bond donors (Lipinski definition) is 0. The van der Waals surface area contributed by atoms with Crippen LogP contribution in [0.15, 0.2) is 231 Å². The Morgan fingerprint density at radius 1 is 0.246 bits per heavy atom. The molecule has 126 heavy (non-hydrogen) atoms. The average molecular weight is 1670 g/mol. The molecule has 2 saturated carbocycles. The summed E-state index contributed by atoms with van der Waals surface area (Å²) in [6.45, 7) is 71.3. The van der Waals surface area contributed by atoms with E-state index in [-0.39, 0.29) is 37.9 Å². The first-order valence-electron chi connectivity index (χ1n) is 47.6. The summed E-state index contributed by atoms with van der Waals surface area (Å²) in [6.07, 6.45) is 12.3. The Morgan fingerprint density at radius 2 is 0.556 bits per heavy atom. The summed E-state index contributed by atoms with van der Waals surface area (Å²) in [4.78, 5) is 0. The first-order valence-corrected chi connectivity index (χ1v) is 47.6. The predicted molar refractivity (Wildman–Crippen MR) is 560 cm³/mol. The van der Waals surface area contributed by atoms with Gasteiger partial charge < -0.3 is 4.74 Å². The minimum Gasteiger partial charge on any atom is -0.496 e. The van der Waals surface area contributed by atoms with Crippen molar-refractivity contribution in [2.24, 2.45) is 5.41 Å². The summed E-state index contributed by atoms with van der Waals surface area (Å²) >= 11 is 0. The maximum atomic E-state index is 5.67. The number of methoxy groups -OCH3 is 1. The van der Waals surface area contributed by atoms with E-state index in [9.17, 15) is 0 Å². The fraction of sp³-hybridized carbons (Fsp3) is 0.408. The lowest BCUT2D eigenvalue weighted by molar-refractivity contribution is 0.225. The molecule has 2 aliphatic rings. The molecule has 0 bridgehead atoms. The highest BCUT2D eigenvalue weighted by Crippen LogP contribution is 2.49. The van der Waals surface area contributed by atoms with Crippen molar-refractivity contribution in [2.75, 3.05) is 7.11 Å². The van der Waals surface area contributed by atoms with Crippen LogP contribution in [0.1, 0.15) is 323 Å². The molecule has 17 rings (SSSR count). The van der Waals surface area contributed by atoms with Crippen LogP contribution in [-0.4, -0.2) is 7.11 Å². The van der Waals surface area contributed by atoms with Crippen molar-refractivity contribution in [1.29, 1.82) is 0 Å². The van der Waals surface area contributed by atoms with Gasteiger partial charge in [-0.25, -0.2) is 0 Å². The summed E-state index contributed by atoms with van der Waals surface area (Å²) in [6, 6.07) is 85.2.